The van der Waals surface area contributed by atoms with Gasteiger partial charge in [0.1, 0.15) is 11.5 Å². The minimum absolute atomic E-state index is 0.0338. The van der Waals surface area contributed by atoms with Gasteiger partial charge in [0.25, 0.3) is 5.91 Å². The SMILES string of the molecule is O=C(O)Nc1ccc(Oc2cccc(C(=O)NNC(=O)C3CC3)c2)cc1F. The van der Waals surface area contributed by atoms with E-state index in [4.69, 9.17) is 9.84 Å². The van der Waals surface area contributed by atoms with Crippen molar-refractivity contribution in [3.05, 3.63) is 53.8 Å². The molecule has 2 aromatic carbocycles. The Balaban J connectivity index is 1.64. The van der Waals surface area contributed by atoms with Crippen molar-refractivity contribution >= 4 is 23.6 Å². The molecule has 140 valence electrons. The molecular weight excluding hydrogens is 357 g/mol. The van der Waals surface area contributed by atoms with Crippen molar-refractivity contribution in [2.45, 2.75) is 12.8 Å². The molecule has 0 atom stereocenters. The Morgan fingerprint density at radius 2 is 1.78 bits per heavy atom. The summed E-state index contributed by atoms with van der Waals surface area (Å²) in [6, 6.07) is 9.74. The number of anilines is 1. The van der Waals surface area contributed by atoms with Crippen molar-refractivity contribution in [2.75, 3.05) is 5.32 Å². The van der Waals surface area contributed by atoms with Gasteiger partial charge in [-0.2, -0.15) is 0 Å². The summed E-state index contributed by atoms with van der Waals surface area (Å²) in [6.45, 7) is 0. The van der Waals surface area contributed by atoms with E-state index in [1.807, 2.05) is 5.32 Å². The molecule has 0 unspecified atom stereocenters. The number of hydrazine groups is 1. The molecule has 0 spiro atoms. The van der Waals surface area contributed by atoms with Gasteiger partial charge in [0.2, 0.25) is 5.91 Å². The molecule has 9 heteroatoms. The molecule has 1 aliphatic rings. The number of hydrogen-bond donors (Lipinski definition) is 4. The first-order valence-corrected chi connectivity index (χ1v) is 8.10. The lowest BCUT2D eigenvalue weighted by Gasteiger charge is -2.10. The summed E-state index contributed by atoms with van der Waals surface area (Å²) in [6.07, 6.45) is 0.264. The number of benzene rings is 2. The van der Waals surface area contributed by atoms with Crippen LogP contribution in [0.5, 0.6) is 11.5 Å². The van der Waals surface area contributed by atoms with Gasteiger partial charge in [-0.25, -0.2) is 9.18 Å². The van der Waals surface area contributed by atoms with Gasteiger partial charge in [-0.05, 0) is 43.2 Å². The lowest BCUT2D eigenvalue weighted by atomic mass is 10.2. The number of carbonyl (C=O) groups excluding carboxylic acids is 2. The number of ether oxygens (including phenoxy) is 1. The summed E-state index contributed by atoms with van der Waals surface area (Å²) >= 11 is 0. The second-order valence-corrected chi connectivity index (χ2v) is 5.92. The Bertz CT molecular complexity index is 898. The molecule has 0 heterocycles. The number of nitrogens with one attached hydrogen (secondary N) is 3. The van der Waals surface area contributed by atoms with E-state index < -0.39 is 17.8 Å². The molecule has 0 saturated heterocycles. The zero-order valence-corrected chi connectivity index (χ0v) is 14.0. The Morgan fingerprint density at radius 1 is 1.04 bits per heavy atom. The van der Waals surface area contributed by atoms with E-state index in [0.29, 0.717) is 0 Å². The maximum atomic E-state index is 13.9. The number of carboxylic acid groups (broad SMARTS) is 1. The number of amides is 3. The lowest BCUT2D eigenvalue weighted by Crippen LogP contribution is -2.42. The number of rotatable bonds is 5. The summed E-state index contributed by atoms with van der Waals surface area (Å²) in [5, 5.41) is 10.5. The quantitative estimate of drug-likeness (QED) is 0.601. The van der Waals surface area contributed by atoms with Gasteiger partial charge >= 0.3 is 6.09 Å². The first kappa shape index (κ1) is 18.2. The highest BCUT2D eigenvalue weighted by Crippen LogP contribution is 2.28. The smallest absolute Gasteiger partial charge is 0.409 e. The topological polar surface area (TPSA) is 117 Å². The van der Waals surface area contributed by atoms with E-state index in [1.165, 1.54) is 24.3 Å². The molecule has 0 radical (unpaired) electrons. The first-order chi connectivity index (χ1) is 12.9. The van der Waals surface area contributed by atoms with Gasteiger partial charge in [-0.15, -0.1) is 0 Å². The van der Waals surface area contributed by atoms with Crippen molar-refractivity contribution < 1.29 is 28.6 Å². The molecule has 4 N–H and O–H groups in total. The molecule has 0 aromatic heterocycles. The van der Waals surface area contributed by atoms with Crippen LogP contribution in [0.3, 0.4) is 0 Å². The van der Waals surface area contributed by atoms with Gasteiger partial charge in [-0.3, -0.25) is 25.8 Å². The maximum Gasteiger partial charge on any atom is 0.409 e. The van der Waals surface area contributed by atoms with Crippen LogP contribution in [-0.4, -0.2) is 23.0 Å². The van der Waals surface area contributed by atoms with Crippen molar-refractivity contribution in [1.82, 2.24) is 10.9 Å². The predicted octanol–water partition coefficient (Wildman–Crippen LogP) is 2.88. The van der Waals surface area contributed by atoms with Gasteiger partial charge in [0, 0.05) is 17.5 Å². The Hall–Kier alpha value is -3.62. The third-order valence-electron chi connectivity index (χ3n) is 3.76. The van der Waals surface area contributed by atoms with E-state index in [1.54, 1.807) is 12.1 Å². The molecule has 1 saturated carbocycles. The molecule has 8 nitrogen and oxygen atoms in total. The molecule has 27 heavy (non-hydrogen) atoms. The Labute approximate surface area is 153 Å². The lowest BCUT2D eigenvalue weighted by molar-refractivity contribution is -0.123. The zero-order valence-electron chi connectivity index (χ0n) is 14.0. The fourth-order valence-electron chi connectivity index (χ4n) is 2.25. The Morgan fingerprint density at radius 3 is 2.44 bits per heavy atom. The van der Waals surface area contributed by atoms with Crippen LogP contribution in [0.15, 0.2) is 42.5 Å². The summed E-state index contributed by atoms with van der Waals surface area (Å²) in [4.78, 5) is 34.2. The maximum absolute atomic E-state index is 13.9. The van der Waals surface area contributed by atoms with E-state index in [0.717, 1.165) is 18.9 Å². The summed E-state index contributed by atoms with van der Waals surface area (Å²) in [7, 11) is 0. The fraction of sp³-hybridized carbons (Fsp3) is 0.167. The van der Waals surface area contributed by atoms with Crippen molar-refractivity contribution in [3.8, 4) is 11.5 Å². The van der Waals surface area contributed by atoms with Crippen molar-refractivity contribution in [1.29, 1.82) is 0 Å². The van der Waals surface area contributed by atoms with Gasteiger partial charge in [-0.1, -0.05) is 6.07 Å². The van der Waals surface area contributed by atoms with E-state index in [9.17, 15) is 18.8 Å². The first-order valence-electron chi connectivity index (χ1n) is 8.10. The third-order valence-corrected chi connectivity index (χ3v) is 3.76. The van der Waals surface area contributed by atoms with Crippen LogP contribution in [0.2, 0.25) is 0 Å². The van der Waals surface area contributed by atoms with E-state index in [-0.39, 0.29) is 34.6 Å². The predicted molar refractivity (Wildman–Crippen MR) is 92.9 cm³/mol. The highest BCUT2D eigenvalue weighted by Gasteiger charge is 2.29. The molecule has 0 aliphatic heterocycles. The van der Waals surface area contributed by atoms with Gasteiger partial charge < -0.3 is 9.84 Å². The minimum atomic E-state index is -1.38. The second kappa shape index (κ2) is 7.73. The van der Waals surface area contributed by atoms with Crippen LogP contribution in [0.4, 0.5) is 14.9 Å². The number of halogens is 1. The monoisotopic (exact) mass is 373 g/mol. The zero-order chi connectivity index (χ0) is 19.4. The fourth-order valence-corrected chi connectivity index (χ4v) is 2.25. The van der Waals surface area contributed by atoms with Crippen LogP contribution in [0.25, 0.3) is 0 Å². The normalized spacial score (nSPS) is 12.8. The summed E-state index contributed by atoms with van der Waals surface area (Å²) < 4.78 is 19.4. The molecule has 3 rings (SSSR count). The third kappa shape index (κ3) is 4.94. The standard InChI is InChI=1S/C18H16FN3O5/c19-14-9-13(6-7-15(14)20-18(25)26)27-12-3-1-2-11(8-12)17(24)22-21-16(23)10-4-5-10/h1-3,6-10,20H,4-5H2,(H,21,23)(H,22,24)(H,25,26). The summed E-state index contributed by atoms with van der Waals surface area (Å²) in [5.74, 6) is -1.17. The van der Waals surface area contributed by atoms with Crippen molar-refractivity contribution in [2.24, 2.45) is 5.92 Å². The highest BCUT2D eigenvalue weighted by molar-refractivity contribution is 5.96. The van der Waals surface area contributed by atoms with E-state index >= 15 is 0 Å². The highest BCUT2D eigenvalue weighted by atomic mass is 19.1. The van der Waals surface area contributed by atoms with Gasteiger partial charge in [0.05, 0.1) is 5.69 Å². The van der Waals surface area contributed by atoms with Crippen LogP contribution >= 0.6 is 0 Å². The largest absolute Gasteiger partial charge is 0.465 e. The number of hydrogen-bond acceptors (Lipinski definition) is 4. The molecule has 1 aliphatic carbocycles. The van der Waals surface area contributed by atoms with Crippen molar-refractivity contribution in [3.63, 3.8) is 0 Å². The van der Waals surface area contributed by atoms with Crippen LogP contribution in [-0.2, 0) is 4.79 Å². The molecule has 0 bridgehead atoms. The molecular formula is C18H16FN3O5. The molecule has 3 amide bonds. The number of carbonyl (C=O) groups is 3. The minimum Gasteiger partial charge on any atom is -0.465 e. The molecule has 2 aromatic rings. The Kier molecular flexibility index (Phi) is 5.20. The van der Waals surface area contributed by atoms with Gasteiger partial charge in [0.15, 0.2) is 5.82 Å². The molecule has 1 fully saturated rings. The summed E-state index contributed by atoms with van der Waals surface area (Å²) in [5.41, 5.74) is 4.73. The average molecular weight is 373 g/mol. The van der Waals surface area contributed by atoms with Crippen LogP contribution < -0.4 is 20.9 Å². The second-order valence-electron chi connectivity index (χ2n) is 5.92. The van der Waals surface area contributed by atoms with Crippen LogP contribution in [0.1, 0.15) is 23.2 Å². The van der Waals surface area contributed by atoms with Crippen LogP contribution in [0, 0.1) is 11.7 Å². The average Bonchev–Trinajstić information content (AvgIpc) is 3.47. The van der Waals surface area contributed by atoms with E-state index in [2.05, 4.69) is 10.9 Å².